The number of hydrogen-bond donors (Lipinski definition) is 3. The van der Waals surface area contributed by atoms with Gasteiger partial charge in [0.05, 0.1) is 11.0 Å². The number of carbonyl (C=O) groups is 2. The van der Waals surface area contributed by atoms with E-state index in [2.05, 4.69) is 20.3 Å². The van der Waals surface area contributed by atoms with Gasteiger partial charge < -0.3 is 24.4 Å². The zero-order valence-electron chi connectivity index (χ0n) is 15.1. The summed E-state index contributed by atoms with van der Waals surface area (Å²) >= 11 is 0. The summed E-state index contributed by atoms with van der Waals surface area (Å²) in [4.78, 5) is 45.5. The molecule has 0 aliphatic carbocycles. The number of aryl methyl sites for hydroxylation is 1. The maximum atomic E-state index is 12.4. The number of benzene rings is 1. The quantitative estimate of drug-likeness (QED) is 0.468. The molecule has 0 aliphatic heterocycles. The Hall–Kier alpha value is -3.88. The second-order valence-corrected chi connectivity index (χ2v) is 6.40. The Morgan fingerprint density at radius 3 is 2.75 bits per heavy atom. The van der Waals surface area contributed by atoms with E-state index in [1.807, 2.05) is 19.1 Å². The van der Waals surface area contributed by atoms with Crippen molar-refractivity contribution in [1.29, 1.82) is 0 Å². The first kappa shape index (κ1) is 17.5. The van der Waals surface area contributed by atoms with Gasteiger partial charge in [0.1, 0.15) is 5.65 Å². The van der Waals surface area contributed by atoms with Crippen LogP contribution in [-0.4, -0.2) is 37.3 Å². The number of hydrogen-bond acceptors (Lipinski definition) is 5. The molecule has 9 heteroatoms. The molecule has 0 fully saturated rings. The van der Waals surface area contributed by atoms with Crippen molar-refractivity contribution < 1.29 is 14.3 Å². The number of pyridine rings is 1. The molecular weight excluding hydrogens is 362 g/mol. The molecule has 9 nitrogen and oxygen atoms in total. The molecule has 1 atom stereocenters. The van der Waals surface area contributed by atoms with Crippen LogP contribution in [0.1, 0.15) is 23.1 Å². The highest BCUT2D eigenvalue weighted by molar-refractivity contribution is 5.98. The minimum atomic E-state index is -1.03. The monoisotopic (exact) mass is 379 g/mol. The van der Waals surface area contributed by atoms with Crippen LogP contribution in [0.5, 0.6) is 0 Å². The summed E-state index contributed by atoms with van der Waals surface area (Å²) in [5, 5.41) is 2.66. The Labute approximate surface area is 158 Å². The molecule has 3 aromatic heterocycles. The smallest absolute Gasteiger partial charge is 0.359 e. The number of H-pyrrole nitrogens is 2. The molecule has 0 radical (unpaired) electrons. The van der Waals surface area contributed by atoms with Crippen LogP contribution in [0.15, 0.2) is 47.4 Å². The lowest BCUT2D eigenvalue weighted by Crippen LogP contribution is -2.30. The highest BCUT2D eigenvalue weighted by atomic mass is 16.5. The molecule has 1 amide bonds. The topological polar surface area (TPSA) is 121 Å². The molecule has 0 bridgehead atoms. The van der Waals surface area contributed by atoms with Crippen molar-refractivity contribution in [3.05, 3.63) is 64.5 Å². The Kier molecular flexibility index (Phi) is 4.19. The number of nitrogens with zero attached hydrogens (tertiary/aromatic N) is 2. The molecular formula is C19H17N5O4. The molecule has 3 heterocycles. The van der Waals surface area contributed by atoms with Crippen molar-refractivity contribution in [3.63, 3.8) is 0 Å². The van der Waals surface area contributed by atoms with Gasteiger partial charge in [-0.1, -0.05) is 6.07 Å². The van der Waals surface area contributed by atoms with Crippen LogP contribution in [0.25, 0.3) is 16.7 Å². The van der Waals surface area contributed by atoms with Gasteiger partial charge in [-0.25, -0.2) is 14.6 Å². The van der Waals surface area contributed by atoms with Gasteiger partial charge in [0.15, 0.2) is 11.8 Å². The van der Waals surface area contributed by atoms with Crippen LogP contribution in [0.4, 0.5) is 5.69 Å². The Balaban J connectivity index is 1.45. The fraction of sp³-hybridized carbons (Fsp3) is 0.158. The van der Waals surface area contributed by atoms with Crippen LogP contribution in [0.2, 0.25) is 0 Å². The van der Waals surface area contributed by atoms with E-state index in [0.717, 1.165) is 5.69 Å². The first-order chi connectivity index (χ1) is 13.4. The van der Waals surface area contributed by atoms with E-state index >= 15 is 0 Å². The second-order valence-electron chi connectivity index (χ2n) is 6.40. The molecule has 28 heavy (non-hydrogen) atoms. The maximum absolute atomic E-state index is 12.4. The van der Waals surface area contributed by atoms with E-state index in [9.17, 15) is 14.4 Å². The minimum Gasteiger partial charge on any atom is -0.448 e. The van der Waals surface area contributed by atoms with Crippen molar-refractivity contribution >= 4 is 34.2 Å². The lowest BCUT2D eigenvalue weighted by molar-refractivity contribution is -0.123. The average Bonchev–Trinajstić information content (AvgIpc) is 3.24. The Morgan fingerprint density at radius 1 is 1.18 bits per heavy atom. The van der Waals surface area contributed by atoms with E-state index in [0.29, 0.717) is 22.4 Å². The molecule has 0 saturated carbocycles. The van der Waals surface area contributed by atoms with Gasteiger partial charge in [0.25, 0.3) is 5.91 Å². The van der Waals surface area contributed by atoms with E-state index in [4.69, 9.17) is 4.74 Å². The molecule has 0 spiro atoms. The summed E-state index contributed by atoms with van der Waals surface area (Å²) in [6.07, 6.45) is 0.549. The molecule has 1 aromatic carbocycles. The number of anilines is 1. The number of nitrogens with one attached hydrogen (secondary N) is 3. The van der Waals surface area contributed by atoms with Crippen LogP contribution in [-0.2, 0) is 9.53 Å². The summed E-state index contributed by atoms with van der Waals surface area (Å²) in [6, 6.07) is 10.4. The number of imidazole rings is 2. The van der Waals surface area contributed by atoms with E-state index in [-0.39, 0.29) is 11.4 Å². The largest absolute Gasteiger partial charge is 0.448 e. The molecule has 142 valence electrons. The number of aromatic amines is 2. The van der Waals surface area contributed by atoms with E-state index in [1.54, 1.807) is 34.9 Å². The third-order valence-electron chi connectivity index (χ3n) is 4.34. The SMILES string of the molecule is Cc1cccc2nc(C(=O)O[C@@H](C)C(=O)Nc3ccc4[nH]c(=O)[nH]c4c3)cn12. The van der Waals surface area contributed by atoms with Gasteiger partial charge in [-0.3, -0.25) is 4.79 Å². The van der Waals surface area contributed by atoms with Gasteiger partial charge in [-0.05, 0) is 44.2 Å². The number of carbonyl (C=O) groups excluding carboxylic acids is 2. The molecule has 0 saturated heterocycles. The molecule has 4 aromatic rings. The van der Waals surface area contributed by atoms with Crippen molar-refractivity contribution in [2.75, 3.05) is 5.32 Å². The summed E-state index contributed by atoms with van der Waals surface area (Å²) in [5.41, 5.74) is 3.01. The highest BCUT2D eigenvalue weighted by Crippen LogP contribution is 2.15. The molecule has 0 aliphatic rings. The predicted octanol–water partition coefficient (Wildman–Crippen LogP) is 2.00. The predicted molar refractivity (Wildman–Crippen MR) is 102 cm³/mol. The van der Waals surface area contributed by atoms with Crippen molar-refractivity contribution in [3.8, 4) is 0 Å². The van der Waals surface area contributed by atoms with Gasteiger partial charge >= 0.3 is 11.7 Å². The molecule has 4 rings (SSSR count). The fourth-order valence-corrected chi connectivity index (χ4v) is 2.88. The third kappa shape index (κ3) is 3.25. The fourth-order valence-electron chi connectivity index (χ4n) is 2.88. The summed E-state index contributed by atoms with van der Waals surface area (Å²) in [5.74, 6) is -1.18. The third-order valence-corrected chi connectivity index (χ3v) is 4.34. The van der Waals surface area contributed by atoms with Crippen LogP contribution < -0.4 is 11.0 Å². The van der Waals surface area contributed by atoms with Crippen molar-refractivity contribution in [2.45, 2.75) is 20.0 Å². The second kappa shape index (κ2) is 6.69. The lowest BCUT2D eigenvalue weighted by atomic mass is 10.2. The maximum Gasteiger partial charge on any atom is 0.359 e. The minimum absolute atomic E-state index is 0.125. The van der Waals surface area contributed by atoms with Crippen LogP contribution in [0, 0.1) is 6.92 Å². The zero-order valence-corrected chi connectivity index (χ0v) is 15.1. The summed E-state index contributed by atoms with van der Waals surface area (Å²) < 4.78 is 7.01. The van der Waals surface area contributed by atoms with E-state index < -0.39 is 18.0 Å². The van der Waals surface area contributed by atoms with Crippen LogP contribution in [0.3, 0.4) is 0 Å². The summed E-state index contributed by atoms with van der Waals surface area (Å²) in [6.45, 7) is 3.37. The number of aromatic nitrogens is 4. The van der Waals surface area contributed by atoms with E-state index in [1.165, 1.54) is 6.92 Å². The lowest BCUT2D eigenvalue weighted by Gasteiger charge is -2.12. The van der Waals surface area contributed by atoms with Gasteiger partial charge in [-0.15, -0.1) is 0 Å². The van der Waals surface area contributed by atoms with Crippen molar-refractivity contribution in [1.82, 2.24) is 19.4 Å². The number of ether oxygens (including phenoxy) is 1. The summed E-state index contributed by atoms with van der Waals surface area (Å²) in [7, 11) is 0. The zero-order chi connectivity index (χ0) is 19.8. The first-order valence-electron chi connectivity index (χ1n) is 8.59. The highest BCUT2D eigenvalue weighted by Gasteiger charge is 2.21. The van der Waals surface area contributed by atoms with Crippen LogP contribution >= 0.6 is 0 Å². The average molecular weight is 379 g/mol. The molecule has 0 unspecified atom stereocenters. The van der Waals surface area contributed by atoms with Gasteiger partial charge in [0.2, 0.25) is 0 Å². The number of fused-ring (bicyclic) bond motifs is 2. The standard InChI is InChI=1S/C19H17N5O4/c1-10-4-3-5-16-21-15(9-24(10)16)18(26)28-11(2)17(25)20-12-6-7-13-14(8-12)23-19(27)22-13/h3-9,11H,1-2H3,(H,20,25)(H2,22,23,27)/t11-/m0/s1. The number of esters is 1. The van der Waals surface area contributed by atoms with Gasteiger partial charge in [-0.2, -0.15) is 0 Å². The number of amides is 1. The van der Waals surface area contributed by atoms with Crippen molar-refractivity contribution in [2.24, 2.45) is 0 Å². The molecule has 3 N–H and O–H groups in total. The first-order valence-corrected chi connectivity index (χ1v) is 8.59. The Morgan fingerprint density at radius 2 is 1.96 bits per heavy atom. The number of rotatable bonds is 4. The van der Waals surface area contributed by atoms with Gasteiger partial charge in [0, 0.05) is 17.6 Å². The Bertz CT molecular complexity index is 1270. The normalized spacial score (nSPS) is 12.2.